The van der Waals surface area contributed by atoms with Gasteiger partial charge in [-0.05, 0) is 94.3 Å². The molecule has 2 heterocycles. The zero-order valence-corrected chi connectivity index (χ0v) is 23.3. The van der Waals surface area contributed by atoms with Crippen LogP contribution in [0.2, 0.25) is 0 Å². The molecule has 5 aromatic carbocycles. The van der Waals surface area contributed by atoms with Gasteiger partial charge in [-0.25, -0.2) is 0 Å². The largest absolute Gasteiger partial charge is 0.251 e. The van der Waals surface area contributed by atoms with E-state index in [1.54, 1.807) is 0 Å². The van der Waals surface area contributed by atoms with Crippen molar-refractivity contribution in [3.05, 3.63) is 145 Å². The molecule has 2 heteroatoms. The van der Waals surface area contributed by atoms with E-state index in [2.05, 4.69) is 140 Å². The number of hydrogen-bond acceptors (Lipinski definition) is 2. The average Bonchev–Trinajstić information content (AvgIpc) is 3.04. The molecular formula is C39H30N2. The van der Waals surface area contributed by atoms with E-state index in [0.717, 1.165) is 39.6 Å². The summed E-state index contributed by atoms with van der Waals surface area (Å²) in [5, 5.41) is 2.24. The normalized spacial score (nSPS) is 11.3. The Morgan fingerprint density at radius 2 is 1.02 bits per heavy atom. The van der Waals surface area contributed by atoms with Crippen molar-refractivity contribution in [3.63, 3.8) is 0 Å². The maximum atomic E-state index is 5.09. The second kappa shape index (κ2) is 10.5. The highest BCUT2D eigenvalue weighted by Gasteiger charge is 2.14. The molecule has 0 bridgehead atoms. The lowest BCUT2D eigenvalue weighted by Gasteiger charge is -2.15. The van der Waals surface area contributed by atoms with E-state index in [4.69, 9.17) is 9.97 Å². The van der Waals surface area contributed by atoms with Gasteiger partial charge in [-0.3, -0.25) is 9.97 Å². The minimum Gasteiger partial charge on any atom is -0.251 e. The van der Waals surface area contributed by atoms with Crippen LogP contribution in [-0.2, 0) is 6.42 Å². The van der Waals surface area contributed by atoms with Gasteiger partial charge < -0.3 is 0 Å². The van der Waals surface area contributed by atoms with Gasteiger partial charge in [0.25, 0.3) is 0 Å². The van der Waals surface area contributed by atoms with Crippen molar-refractivity contribution in [3.8, 4) is 44.5 Å². The molecule has 196 valence electrons. The second-order valence-electron chi connectivity index (χ2n) is 10.6. The quantitative estimate of drug-likeness (QED) is 0.209. The predicted octanol–water partition coefficient (Wildman–Crippen LogP) is 10.3. The topological polar surface area (TPSA) is 25.8 Å². The number of nitrogens with zero attached hydrogens (tertiary/aromatic N) is 2. The summed E-state index contributed by atoms with van der Waals surface area (Å²) in [6, 6.07) is 47.9. The summed E-state index contributed by atoms with van der Waals surface area (Å²) in [6.07, 6.45) is 0.857. The molecule has 0 saturated heterocycles. The first kappa shape index (κ1) is 24.9. The van der Waals surface area contributed by atoms with E-state index in [1.807, 2.05) is 6.92 Å². The summed E-state index contributed by atoms with van der Waals surface area (Å²) in [5.74, 6) is 0. The Labute approximate surface area is 241 Å². The lowest BCUT2D eigenvalue weighted by molar-refractivity contribution is 1.06. The highest BCUT2D eigenvalue weighted by atomic mass is 14.8. The molecule has 0 N–H and O–H groups in total. The smallest absolute Gasteiger partial charge is 0.0974 e. The number of rotatable bonds is 5. The van der Waals surface area contributed by atoms with Crippen LogP contribution in [-0.4, -0.2) is 9.97 Å². The van der Waals surface area contributed by atoms with Gasteiger partial charge in [0, 0.05) is 22.2 Å². The minimum atomic E-state index is 0.857. The summed E-state index contributed by atoms with van der Waals surface area (Å²) >= 11 is 0. The first-order valence-electron chi connectivity index (χ1n) is 14.2. The van der Waals surface area contributed by atoms with Crippen LogP contribution in [0.5, 0.6) is 0 Å². The Balaban J connectivity index is 1.49. The van der Waals surface area contributed by atoms with Gasteiger partial charge in [0.05, 0.1) is 11.0 Å². The van der Waals surface area contributed by atoms with Gasteiger partial charge in [0.1, 0.15) is 0 Å². The number of benzene rings is 5. The van der Waals surface area contributed by atoms with Crippen LogP contribution in [0.15, 0.2) is 133 Å². The van der Waals surface area contributed by atoms with Crippen molar-refractivity contribution in [1.82, 2.24) is 9.97 Å². The number of aromatic nitrogens is 2. The van der Waals surface area contributed by atoms with Crippen molar-refractivity contribution in [2.75, 3.05) is 0 Å². The Morgan fingerprint density at radius 3 is 1.73 bits per heavy atom. The highest BCUT2D eigenvalue weighted by Crippen LogP contribution is 2.38. The molecule has 0 saturated carbocycles. The molecule has 7 rings (SSSR count). The van der Waals surface area contributed by atoms with Crippen LogP contribution < -0.4 is 0 Å². The van der Waals surface area contributed by atoms with Crippen molar-refractivity contribution >= 4 is 21.8 Å². The number of pyridine rings is 2. The first-order valence-corrected chi connectivity index (χ1v) is 14.2. The van der Waals surface area contributed by atoms with Crippen LogP contribution >= 0.6 is 0 Å². The zero-order valence-electron chi connectivity index (χ0n) is 23.3. The fourth-order valence-electron chi connectivity index (χ4n) is 5.70. The van der Waals surface area contributed by atoms with E-state index in [0.29, 0.717) is 0 Å². The molecule has 0 atom stereocenters. The summed E-state index contributed by atoms with van der Waals surface area (Å²) in [6.45, 7) is 4.21. The second-order valence-corrected chi connectivity index (χ2v) is 10.6. The maximum Gasteiger partial charge on any atom is 0.0974 e. The molecule has 2 nitrogen and oxygen atoms in total. The Hall–Kier alpha value is -5.08. The van der Waals surface area contributed by atoms with Gasteiger partial charge >= 0.3 is 0 Å². The molecular weight excluding hydrogens is 496 g/mol. The number of fused-ring (bicyclic) bond motifs is 3. The van der Waals surface area contributed by atoms with Crippen LogP contribution in [0.4, 0.5) is 0 Å². The molecule has 0 aliphatic rings. The molecule has 7 aromatic rings. The van der Waals surface area contributed by atoms with Crippen molar-refractivity contribution in [1.29, 1.82) is 0 Å². The lowest BCUT2D eigenvalue weighted by atomic mass is 9.90. The highest BCUT2D eigenvalue weighted by molar-refractivity contribution is 6.08. The lowest BCUT2D eigenvalue weighted by Crippen LogP contribution is -1.95. The molecule has 0 fully saturated rings. The van der Waals surface area contributed by atoms with Crippen LogP contribution in [0.3, 0.4) is 0 Å². The van der Waals surface area contributed by atoms with E-state index >= 15 is 0 Å². The van der Waals surface area contributed by atoms with Gasteiger partial charge in [-0.2, -0.15) is 0 Å². The van der Waals surface area contributed by atoms with E-state index in [-0.39, 0.29) is 0 Å². The summed E-state index contributed by atoms with van der Waals surface area (Å²) < 4.78 is 0. The van der Waals surface area contributed by atoms with Crippen LogP contribution in [0, 0.1) is 6.92 Å². The standard InChI is InChI=1S/C39H30N2/c1-3-35-25-37(36-20-19-29-18-17-26(2)40-38(29)39(36)41-35)34-23-32(28-13-8-5-9-14-28)22-33(24-34)31-16-10-15-30(21-31)27-11-6-4-7-12-27/h4-25H,3H2,1-2H3. The Kier molecular flexibility index (Phi) is 6.37. The fourth-order valence-corrected chi connectivity index (χ4v) is 5.70. The van der Waals surface area contributed by atoms with Crippen molar-refractivity contribution in [2.24, 2.45) is 0 Å². The third-order valence-corrected chi connectivity index (χ3v) is 7.85. The first-order chi connectivity index (χ1) is 20.2. The predicted molar refractivity (Wildman–Crippen MR) is 173 cm³/mol. The summed E-state index contributed by atoms with van der Waals surface area (Å²) in [5.41, 5.74) is 13.6. The number of hydrogen-bond donors (Lipinski definition) is 0. The van der Waals surface area contributed by atoms with Gasteiger partial charge in [0.15, 0.2) is 0 Å². The monoisotopic (exact) mass is 526 g/mol. The molecule has 0 aliphatic heterocycles. The minimum absolute atomic E-state index is 0.857. The van der Waals surface area contributed by atoms with E-state index in [1.165, 1.54) is 44.5 Å². The molecule has 0 spiro atoms. The molecule has 0 aliphatic carbocycles. The zero-order chi connectivity index (χ0) is 27.8. The van der Waals surface area contributed by atoms with Crippen LogP contribution in [0.1, 0.15) is 18.3 Å². The SMILES string of the molecule is CCc1cc(-c2cc(-c3ccccc3)cc(-c3cccc(-c4ccccc4)c3)c2)c2ccc3ccc(C)nc3c2n1. The van der Waals surface area contributed by atoms with Gasteiger partial charge in [-0.1, -0.05) is 104 Å². The third-order valence-electron chi connectivity index (χ3n) is 7.85. The third kappa shape index (κ3) is 4.79. The summed E-state index contributed by atoms with van der Waals surface area (Å²) in [7, 11) is 0. The average molecular weight is 527 g/mol. The fraction of sp³-hybridized carbons (Fsp3) is 0.0769. The Bertz CT molecular complexity index is 2030. The molecule has 0 radical (unpaired) electrons. The number of aryl methyl sites for hydroxylation is 2. The van der Waals surface area contributed by atoms with Crippen molar-refractivity contribution < 1.29 is 0 Å². The van der Waals surface area contributed by atoms with Gasteiger partial charge in [-0.15, -0.1) is 0 Å². The molecule has 0 amide bonds. The van der Waals surface area contributed by atoms with Gasteiger partial charge in [0.2, 0.25) is 0 Å². The Morgan fingerprint density at radius 1 is 0.463 bits per heavy atom. The van der Waals surface area contributed by atoms with E-state index in [9.17, 15) is 0 Å². The summed E-state index contributed by atoms with van der Waals surface area (Å²) in [4.78, 5) is 10.0. The van der Waals surface area contributed by atoms with E-state index < -0.39 is 0 Å². The maximum absolute atomic E-state index is 5.09. The molecule has 2 aromatic heterocycles. The van der Waals surface area contributed by atoms with Crippen LogP contribution in [0.25, 0.3) is 66.3 Å². The van der Waals surface area contributed by atoms with Crippen molar-refractivity contribution in [2.45, 2.75) is 20.3 Å². The molecule has 41 heavy (non-hydrogen) atoms. The molecule has 0 unspecified atom stereocenters.